The van der Waals surface area contributed by atoms with Crippen molar-refractivity contribution in [2.45, 2.75) is 45.2 Å². The minimum atomic E-state index is 0.704. The number of hydrogen-bond donors (Lipinski definition) is 1. The molecule has 1 aliphatic carbocycles. The van der Waals surface area contributed by atoms with Crippen LogP contribution in [0.3, 0.4) is 0 Å². The Kier molecular flexibility index (Phi) is 3.73. The molecule has 0 amide bonds. The molecule has 0 unspecified atom stereocenters. The van der Waals surface area contributed by atoms with E-state index in [0.29, 0.717) is 6.04 Å². The van der Waals surface area contributed by atoms with Gasteiger partial charge in [-0.15, -0.1) is 0 Å². The van der Waals surface area contributed by atoms with Gasteiger partial charge >= 0.3 is 0 Å². The zero-order valence-electron chi connectivity index (χ0n) is 9.45. The van der Waals surface area contributed by atoms with Crippen LogP contribution in [0.2, 0.25) is 0 Å². The minimum Gasteiger partial charge on any atom is -0.308 e. The molecular formula is C13H20N2. The Labute approximate surface area is 92.1 Å². The van der Waals surface area contributed by atoms with Crippen LogP contribution in [0.4, 0.5) is 0 Å². The van der Waals surface area contributed by atoms with E-state index in [-0.39, 0.29) is 0 Å². The van der Waals surface area contributed by atoms with Gasteiger partial charge in [0, 0.05) is 18.8 Å². The quantitative estimate of drug-likeness (QED) is 0.819. The molecule has 1 fully saturated rings. The molecule has 2 atom stereocenters. The first-order valence-electron chi connectivity index (χ1n) is 5.98. The fourth-order valence-electron chi connectivity index (χ4n) is 2.37. The Morgan fingerprint density at radius 2 is 2.33 bits per heavy atom. The lowest BCUT2D eigenvalue weighted by Crippen LogP contribution is -2.33. The van der Waals surface area contributed by atoms with E-state index in [1.807, 2.05) is 18.3 Å². The molecule has 15 heavy (non-hydrogen) atoms. The predicted octanol–water partition coefficient (Wildman–Crippen LogP) is 2.75. The van der Waals surface area contributed by atoms with E-state index >= 15 is 0 Å². The summed E-state index contributed by atoms with van der Waals surface area (Å²) in [5.74, 6) is 0.889. The van der Waals surface area contributed by atoms with Crippen molar-refractivity contribution in [3.63, 3.8) is 0 Å². The lowest BCUT2D eigenvalue weighted by molar-refractivity contribution is 0.300. The highest BCUT2D eigenvalue weighted by Gasteiger charge is 2.17. The molecule has 2 heteroatoms. The second kappa shape index (κ2) is 5.26. The minimum absolute atomic E-state index is 0.704. The van der Waals surface area contributed by atoms with Crippen molar-refractivity contribution >= 4 is 0 Å². The number of nitrogens with one attached hydrogen (secondary N) is 1. The van der Waals surface area contributed by atoms with Gasteiger partial charge in [-0.05, 0) is 30.9 Å². The molecule has 1 saturated carbocycles. The Bertz CT molecular complexity index is 284. The summed E-state index contributed by atoms with van der Waals surface area (Å²) in [6.07, 6.45) is 7.30. The van der Waals surface area contributed by atoms with E-state index in [4.69, 9.17) is 0 Å². The number of nitrogens with zero attached hydrogens (tertiary/aromatic N) is 1. The van der Waals surface area contributed by atoms with Gasteiger partial charge in [0.25, 0.3) is 0 Å². The highest BCUT2D eigenvalue weighted by atomic mass is 14.9. The Hall–Kier alpha value is -0.890. The lowest BCUT2D eigenvalue weighted by atomic mass is 9.87. The smallest absolute Gasteiger partial charge is 0.0541 e. The summed E-state index contributed by atoms with van der Waals surface area (Å²) < 4.78 is 0. The molecule has 82 valence electrons. The second-order valence-electron chi connectivity index (χ2n) is 4.67. The van der Waals surface area contributed by atoms with Crippen LogP contribution in [0, 0.1) is 5.92 Å². The fourth-order valence-corrected chi connectivity index (χ4v) is 2.37. The summed E-state index contributed by atoms with van der Waals surface area (Å²) >= 11 is 0. The van der Waals surface area contributed by atoms with Gasteiger partial charge in [-0.2, -0.15) is 0 Å². The van der Waals surface area contributed by atoms with Crippen LogP contribution >= 0.6 is 0 Å². The molecule has 0 aromatic carbocycles. The van der Waals surface area contributed by atoms with Crippen molar-refractivity contribution in [2.24, 2.45) is 5.92 Å². The third kappa shape index (κ3) is 3.31. The van der Waals surface area contributed by atoms with E-state index in [2.05, 4.69) is 23.3 Å². The molecule has 1 aliphatic rings. The highest BCUT2D eigenvalue weighted by molar-refractivity contribution is 5.03. The van der Waals surface area contributed by atoms with E-state index < -0.39 is 0 Å². The monoisotopic (exact) mass is 204 g/mol. The average Bonchev–Trinajstić information content (AvgIpc) is 2.28. The van der Waals surface area contributed by atoms with Crippen molar-refractivity contribution < 1.29 is 0 Å². The van der Waals surface area contributed by atoms with Gasteiger partial charge in [0.1, 0.15) is 0 Å². The lowest BCUT2D eigenvalue weighted by Gasteiger charge is -2.27. The zero-order valence-corrected chi connectivity index (χ0v) is 9.45. The summed E-state index contributed by atoms with van der Waals surface area (Å²) in [5.41, 5.74) is 1.15. The van der Waals surface area contributed by atoms with Crippen LogP contribution in [-0.2, 0) is 6.54 Å². The summed E-state index contributed by atoms with van der Waals surface area (Å²) in [4.78, 5) is 4.32. The first-order chi connectivity index (χ1) is 7.34. The normalized spacial score (nSPS) is 26.5. The molecule has 2 nitrogen and oxygen atoms in total. The molecule has 1 heterocycles. The first-order valence-corrected chi connectivity index (χ1v) is 5.98. The molecule has 0 spiro atoms. The van der Waals surface area contributed by atoms with Crippen LogP contribution < -0.4 is 5.32 Å². The Morgan fingerprint density at radius 3 is 3.07 bits per heavy atom. The molecule has 0 aliphatic heterocycles. The van der Waals surface area contributed by atoms with E-state index in [0.717, 1.165) is 18.2 Å². The summed E-state index contributed by atoms with van der Waals surface area (Å²) in [7, 11) is 0. The van der Waals surface area contributed by atoms with Gasteiger partial charge in [0.2, 0.25) is 0 Å². The Morgan fingerprint density at radius 1 is 1.40 bits per heavy atom. The second-order valence-corrected chi connectivity index (χ2v) is 4.67. The molecule has 1 N–H and O–H groups in total. The SMILES string of the molecule is C[C@H]1CCC[C@H](NCc2ccccn2)C1. The van der Waals surface area contributed by atoms with E-state index in [1.165, 1.54) is 25.7 Å². The van der Waals surface area contributed by atoms with Crippen molar-refractivity contribution in [3.8, 4) is 0 Å². The third-order valence-electron chi connectivity index (χ3n) is 3.23. The summed E-state index contributed by atoms with van der Waals surface area (Å²) in [6.45, 7) is 3.27. The Balaban J connectivity index is 1.78. The third-order valence-corrected chi connectivity index (χ3v) is 3.23. The summed E-state index contributed by atoms with van der Waals surface area (Å²) in [6, 6.07) is 6.80. The molecule has 1 aromatic heterocycles. The van der Waals surface area contributed by atoms with Crippen LogP contribution in [0.5, 0.6) is 0 Å². The maximum absolute atomic E-state index is 4.32. The summed E-state index contributed by atoms with van der Waals surface area (Å²) in [5, 5.41) is 3.61. The van der Waals surface area contributed by atoms with Gasteiger partial charge in [-0.25, -0.2) is 0 Å². The number of pyridine rings is 1. The van der Waals surface area contributed by atoms with Crippen molar-refractivity contribution in [2.75, 3.05) is 0 Å². The zero-order chi connectivity index (χ0) is 10.5. The van der Waals surface area contributed by atoms with Crippen LogP contribution in [0.1, 0.15) is 38.3 Å². The van der Waals surface area contributed by atoms with Crippen LogP contribution in [0.25, 0.3) is 0 Å². The van der Waals surface area contributed by atoms with Crippen molar-refractivity contribution in [1.29, 1.82) is 0 Å². The number of hydrogen-bond acceptors (Lipinski definition) is 2. The maximum atomic E-state index is 4.32. The van der Waals surface area contributed by atoms with Gasteiger partial charge in [0.05, 0.1) is 5.69 Å². The van der Waals surface area contributed by atoms with Crippen molar-refractivity contribution in [3.05, 3.63) is 30.1 Å². The van der Waals surface area contributed by atoms with Gasteiger partial charge in [-0.1, -0.05) is 25.8 Å². The average molecular weight is 204 g/mol. The van der Waals surface area contributed by atoms with Gasteiger partial charge in [-0.3, -0.25) is 4.98 Å². The van der Waals surface area contributed by atoms with Gasteiger partial charge < -0.3 is 5.32 Å². The van der Waals surface area contributed by atoms with Crippen molar-refractivity contribution in [1.82, 2.24) is 10.3 Å². The standard InChI is InChI=1S/C13H20N2/c1-11-5-4-7-12(9-11)15-10-13-6-2-3-8-14-13/h2-3,6,8,11-12,15H,4-5,7,9-10H2,1H3/t11-,12-/m0/s1. The molecule has 0 bridgehead atoms. The predicted molar refractivity (Wildman–Crippen MR) is 62.5 cm³/mol. The molecule has 0 saturated heterocycles. The molecular weight excluding hydrogens is 184 g/mol. The largest absolute Gasteiger partial charge is 0.308 e. The number of rotatable bonds is 3. The van der Waals surface area contributed by atoms with E-state index in [9.17, 15) is 0 Å². The van der Waals surface area contributed by atoms with Crippen LogP contribution in [0.15, 0.2) is 24.4 Å². The molecule has 1 aromatic rings. The van der Waals surface area contributed by atoms with E-state index in [1.54, 1.807) is 0 Å². The topological polar surface area (TPSA) is 24.9 Å². The van der Waals surface area contributed by atoms with Gasteiger partial charge in [0.15, 0.2) is 0 Å². The fraction of sp³-hybridized carbons (Fsp3) is 0.615. The highest BCUT2D eigenvalue weighted by Crippen LogP contribution is 2.23. The maximum Gasteiger partial charge on any atom is 0.0541 e. The number of aromatic nitrogens is 1. The molecule has 0 radical (unpaired) electrons. The van der Waals surface area contributed by atoms with Crippen LogP contribution in [-0.4, -0.2) is 11.0 Å². The first kappa shape index (κ1) is 10.6. The molecule has 2 rings (SSSR count).